The number of fused-ring (bicyclic) bond motifs is 1. The van der Waals surface area contributed by atoms with Crippen LogP contribution < -0.4 is 0 Å². The summed E-state index contributed by atoms with van der Waals surface area (Å²) < 4.78 is 0. The molecule has 0 bridgehead atoms. The average Bonchev–Trinajstić information content (AvgIpc) is 3.07. The zero-order valence-electron chi connectivity index (χ0n) is 13.9. The summed E-state index contributed by atoms with van der Waals surface area (Å²) in [4.78, 5) is 16.4. The fourth-order valence-corrected chi connectivity index (χ4v) is 3.78. The Morgan fingerprint density at radius 1 is 1.17 bits per heavy atom. The molecule has 4 nitrogen and oxygen atoms in total. The molecular weight excluding hydrogens is 298 g/mol. The molecule has 2 aromatic heterocycles. The van der Waals surface area contributed by atoms with E-state index in [0.717, 1.165) is 22.2 Å². The quantitative estimate of drug-likeness (QED) is 0.700. The van der Waals surface area contributed by atoms with E-state index in [0.29, 0.717) is 11.5 Å². The van der Waals surface area contributed by atoms with Gasteiger partial charge in [-0.25, -0.2) is 0 Å². The second-order valence-corrected chi connectivity index (χ2v) is 6.66. The van der Waals surface area contributed by atoms with Gasteiger partial charge in [0.15, 0.2) is 5.78 Å². The molecule has 1 aromatic carbocycles. The lowest BCUT2D eigenvalue weighted by atomic mass is 9.85. The van der Waals surface area contributed by atoms with E-state index in [1.54, 1.807) is 13.1 Å². The van der Waals surface area contributed by atoms with E-state index in [9.17, 15) is 4.79 Å². The van der Waals surface area contributed by atoms with Gasteiger partial charge in [0.05, 0.1) is 11.2 Å². The minimum Gasteiger partial charge on any atom is -0.295 e. The first-order chi connectivity index (χ1) is 11.7. The summed E-state index contributed by atoms with van der Waals surface area (Å²) in [7, 11) is 0. The number of hydrogen-bond acceptors (Lipinski definition) is 3. The van der Waals surface area contributed by atoms with Crippen LogP contribution in [0.2, 0.25) is 0 Å². The van der Waals surface area contributed by atoms with Gasteiger partial charge in [-0.3, -0.25) is 14.9 Å². The largest absolute Gasteiger partial charge is 0.295 e. The summed E-state index contributed by atoms with van der Waals surface area (Å²) in [6.45, 7) is 1.60. The lowest BCUT2D eigenvalue weighted by molar-refractivity contribution is 0.101. The zero-order chi connectivity index (χ0) is 16.5. The lowest BCUT2D eigenvalue weighted by Crippen LogP contribution is -2.05. The zero-order valence-corrected chi connectivity index (χ0v) is 13.9. The van der Waals surface area contributed by atoms with Crippen LogP contribution >= 0.6 is 0 Å². The monoisotopic (exact) mass is 319 g/mol. The van der Waals surface area contributed by atoms with Crippen LogP contribution in [0.4, 0.5) is 0 Å². The standard InChI is InChI=1S/C20H21N3O/c1-13(24)15-8-5-9-16(12-15)19-18-17(10-11-21-19)22-23-20(18)14-6-3-2-4-7-14/h5,8-12,14H,2-4,6-7H2,1H3,(H,22,23). The first-order valence-electron chi connectivity index (χ1n) is 8.68. The van der Waals surface area contributed by atoms with E-state index >= 15 is 0 Å². The van der Waals surface area contributed by atoms with Crippen LogP contribution in [0.1, 0.15) is 61.0 Å². The van der Waals surface area contributed by atoms with E-state index < -0.39 is 0 Å². The molecule has 1 fully saturated rings. The maximum Gasteiger partial charge on any atom is 0.159 e. The predicted molar refractivity (Wildman–Crippen MR) is 95.2 cm³/mol. The van der Waals surface area contributed by atoms with Crippen LogP contribution in [0.3, 0.4) is 0 Å². The second kappa shape index (κ2) is 6.19. The van der Waals surface area contributed by atoms with Crippen molar-refractivity contribution < 1.29 is 4.79 Å². The number of carbonyl (C=O) groups is 1. The Morgan fingerprint density at radius 2 is 2.00 bits per heavy atom. The number of H-pyrrole nitrogens is 1. The third kappa shape index (κ3) is 2.62. The number of nitrogens with one attached hydrogen (secondary N) is 1. The number of benzene rings is 1. The number of pyridine rings is 1. The number of Topliss-reactive ketones (excluding diaryl/α,β-unsaturated/α-hetero) is 1. The molecule has 24 heavy (non-hydrogen) atoms. The molecule has 1 aliphatic carbocycles. The van der Waals surface area contributed by atoms with E-state index in [1.165, 1.54) is 37.8 Å². The lowest BCUT2D eigenvalue weighted by Gasteiger charge is -2.21. The summed E-state index contributed by atoms with van der Waals surface area (Å²) in [6.07, 6.45) is 8.09. The predicted octanol–water partition coefficient (Wildman–Crippen LogP) is 4.88. The molecule has 2 heterocycles. The summed E-state index contributed by atoms with van der Waals surface area (Å²) >= 11 is 0. The Hall–Kier alpha value is -2.49. The molecule has 0 amide bonds. The Labute approximate surface area is 141 Å². The SMILES string of the molecule is CC(=O)c1cccc(-c2nccc3n[nH]c(C4CCCCC4)c23)c1. The van der Waals surface area contributed by atoms with E-state index in [-0.39, 0.29) is 5.78 Å². The average molecular weight is 319 g/mol. The van der Waals surface area contributed by atoms with E-state index in [1.807, 2.05) is 30.3 Å². The fourth-order valence-electron chi connectivity index (χ4n) is 3.78. The van der Waals surface area contributed by atoms with Gasteiger partial charge in [0.2, 0.25) is 0 Å². The van der Waals surface area contributed by atoms with Crippen molar-refractivity contribution in [3.63, 3.8) is 0 Å². The summed E-state index contributed by atoms with van der Waals surface area (Å²) in [5.41, 5.74) is 4.78. The Morgan fingerprint density at radius 3 is 2.79 bits per heavy atom. The molecule has 0 radical (unpaired) electrons. The number of carbonyl (C=O) groups excluding carboxylic acids is 1. The van der Waals surface area contributed by atoms with Crippen molar-refractivity contribution in [1.29, 1.82) is 0 Å². The van der Waals surface area contributed by atoms with Crippen molar-refractivity contribution >= 4 is 16.7 Å². The fraction of sp³-hybridized carbons (Fsp3) is 0.350. The number of ketones is 1. The van der Waals surface area contributed by atoms with Gasteiger partial charge in [0.1, 0.15) is 0 Å². The normalized spacial score (nSPS) is 15.7. The molecule has 0 aliphatic heterocycles. The minimum atomic E-state index is 0.0729. The molecule has 0 atom stereocenters. The van der Waals surface area contributed by atoms with Crippen molar-refractivity contribution in [3.8, 4) is 11.3 Å². The van der Waals surface area contributed by atoms with Crippen LogP contribution in [0.25, 0.3) is 22.2 Å². The smallest absolute Gasteiger partial charge is 0.159 e. The molecule has 0 unspecified atom stereocenters. The number of aromatic nitrogens is 3. The molecular formula is C20H21N3O. The van der Waals surface area contributed by atoms with Gasteiger partial charge in [0.25, 0.3) is 0 Å². The molecule has 3 aromatic rings. The van der Waals surface area contributed by atoms with Crippen LogP contribution in [0.15, 0.2) is 36.5 Å². The highest BCUT2D eigenvalue weighted by molar-refractivity contribution is 5.98. The Kier molecular flexibility index (Phi) is 3.89. The van der Waals surface area contributed by atoms with Crippen LogP contribution in [0.5, 0.6) is 0 Å². The second-order valence-electron chi connectivity index (χ2n) is 6.66. The molecule has 122 valence electrons. The van der Waals surface area contributed by atoms with Gasteiger partial charge >= 0.3 is 0 Å². The van der Waals surface area contributed by atoms with Gasteiger partial charge in [-0.05, 0) is 31.9 Å². The maximum absolute atomic E-state index is 11.7. The number of rotatable bonds is 3. The summed E-state index contributed by atoms with van der Waals surface area (Å²) in [6, 6.07) is 9.68. The Bertz CT molecular complexity index is 891. The molecule has 0 spiro atoms. The molecule has 1 N–H and O–H groups in total. The van der Waals surface area contributed by atoms with Crippen LogP contribution in [-0.4, -0.2) is 21.0 Å². The van der Waals surface area contributed by atoms with Crippen LogP contribution in [0, 0.1) is 0 Å². The van der Waals surface area contributed by atoms with Crippen molar-refractivity contribution in [3.05, 3.63) is 47.8 Å². The third-order valence-corrected chi connectivity index (χ3v) is 5.05. The topological polar surface area (TPSA) is 58.6 Å². The number of nitrogens with zero attached hydrogens (tertiary/aromatic N) is 2. The number of aromatic amines is 1. The first-order valence-corrected chi connectivity index (χ1v) is 8.68. The van der Waals surface area contributed by atoms with Crippen LogP contribution in [-0.2, 0) is 0 Å². The molecule has 4 heteroatoms. The summed E-state index contributed by atoms with van der Waals surface area (Å²) in [5, 5.41) is 8.90. The summed E-state index contributed by atoms with van der Waals surface area (Å²) in [5.74, 6) is 0.603. The van der Waals surface area contributed by atoms with Crippen molar-refractivity contribution in [1.82, 2.24) is 15.2 Å². The highest BCUT2D eigenvalue weighted by Gasteiger charge is 2.22. The van der Waals surface area contributed by atoms with Gasteiger partial charge in [-0.2, -0.15) is 5.10 Å². The number of hydrogen-bond donors (Lipinski definition) is 1. The van der Waals surface area contributed by atoms with Gasteiger partial charge in [0, 0.05) is 34.3 Å². The minimum absolute atomic E-state index is 0.0729. The van der Waals surface area contributed by atoms with E-state index in [4.69, 9.17) is 0 Å². The van der Waals surface area contributed by atoms with Gasteiger partial charge in [-0.1, -0.05) is 37.5 Å². The highest BCUT2D eigenvalue weighted by Crippen LogP contribution is 2.38. The van der Waals surface area contributed by atoms with Crippen molar-refractivity contribution in [2.45, 2.75) is 44.9 Å². The van der Waals surface area contributed by atoms with Gasteiger partial charge < -0.3 is 0 Å². The van der Waals surface area contributed by atoms with Crippen molar-refractivity contribution in [2.75, 3.05) is 0 Å². The third-order valence-electron chi connectivity index (χ3n) is 5.05. The molecule has 1 aliphatic rings. The first kappa shape index (κ1) is 15.1. The Balaban J connectivity index is 1.87. The molecule has 4 rings (SSSR count). The molecule has 1 saturated carbocycles. The van der Waals surface area contributed by atoms with E-state index in [2.05, 4.69) is 15.2 Å². The van der Waals surface area contributed by atoms with Gasteiger partial charge in [-0.15, -0.1) is 0 Å². The highest BCUT2D eigenvalue weighted by atomic mass is 16.1. The molecule has 0 saturated heterocycles. The maximum atomic E-state index is 11.7. The van der Waals surface area contributed by atoms with Crippen molar-refractivity contribution in [2.24, 2.45) is 0 Å².